The molecular formula is C57H36N4. The summed E-state index contributed by atoms with van der Waals surface area (Å²) in [6.45, 7) is 0. The molecule has 4 nitrogen and oxygen atoms in total. The average Bonchev–Trinajstić information content (AvgIpc) is 3.68. The van der Waals surface area contributed by atoms with Gasteiger partial charge in [-0.2, -0.15) is 0 Å². The fourth-order valence-electron chi connectivity index (χ4n) is 9.12. The number of rotatable bonds is 6. The van der Waals surface area contributed by atoms with Crippen molar-refractivity contribution in [3.63, 3.8) is 0 Å². The number of hydrogen-bond acceptors (Lipinski definition) is 3. The first-order valence-electron chi connectivity index (χ1n) is 20.7. The zero-order valence-corrected chi connectivity index (χ0v) is 33.1. The quantitative estimate of drug-likeness (QED) is 0.158. The van der Waals surface area contributed by atoms with E-state index in [1.165, 1.54) is 59.7 Å². The smallest absolute Gasteiger partial charge is 0.164 e. The van der Waals surface area contributed by atoms with E-state index in [4.69, 9.17) is 15.0 Å². The molecule has 61 heavy (non-hydrogen) atoms. The summed E-state index contributed by atoms with van der Waals surface area (Å²) in [4.78, 5) is 14.9. The van der Waals surface area contributed by atoms with E-state index in [0.717, 1.165) is 39.1 Å². The van der Waals surface area contributed by atoms with Crippen molar-refractivity contribution in [2.75, 3.05) is 0 Å². The maximum absolute atomic E-state index is 4.99. The van der Waals surface area contributed by atoms with Gasteiger partial charge in [-0.05, 0) is 97.0 Å². The molecule has 0 aliphatic carbocycles. The van der Waals surface area contributed by atoms with Gasteiger partial charge in [-0.1, -0.05) is 176 Å². The second-order valence-electron chi connectivity index (χ2n) is 15.6. The fraction of sp³-hybridized carbons (Fsp3) is 0. The van der Waals surface area contributed by atoms with Gasteiger partial charge >= 0.3 is 0 Å². The molecule has 2 aromatic heterocycles. The summed E-state index contributed by atoms with van der Waals surface area (Å²) in [5, 5.41) is 10.1. The summed E-state index contributed by atoms with van der Waals surface area (Å²) in [7, 11) is 0. The van der Waals surface area contributed by atoms with Gasteiger partial charge in [0.15, 0.2) is 17.5 Å². The number of fused-ring (bicyclic) bond motifs is 9. The van der Waals surface area contributed by atoms with E-state index in [0.29, 0.717) is 17.5 Å². The van der Waals surface area contributed by atoms with Crippen LogP contribution in [0.3, 0.4) is 0 Å². The van der Waals surface area contributed by atoms with Crippen LogP contribution in [0.4, 0.5) is 0 Å². The maximum Gasteiger partial charge on any atom is 0.164 e. The molecule has 0 saturated heterocycles. The topological polar surface area (TPSA) is 43.6 Å². The van der Waals surface area contributed by atoms with Crippen molar-refractivity contribution in [2.24, 2.45) is 0 Å². The Morgan fingerprint density at radius 2 is 0.639 bits per heavy atom. The molecule has 0 N–H and O–H groups in total. The predicted molar refractivity (Wildman–Crippen MR) is 254 cm³/mol. The maximum atomic E-state index is 4.99. The predicted octanol–water partition coefficient (Wildman–Crippen LogP) is 14.8. The molecular weight excluding hydrogens is 741 g/mol. The molecule has 2 heterocycles. The van der Waals surface area contributed by atoms with E-state index in [1.54, 1.807) is 0 Å². The van der Waals surface area contributed by atoms with Crippen LogP contribution in [0.1, 0.15) is 0 Å². The first-order chi connectivity index (χ1) is 30.2. The lowest BCUT2D eigenvalue weighted by Gasteiger charge is -2.14. The van der Waals surface area contributed by atoms with Gasteiger partial charge in [0.2, 0.25) is 0 Å². The number of aromatic nitrogens is 4. The summed E-state index contributed by atoms with van der Waals surface area (Å²) in [6, 6.07) is 77.7. The van der Waals surface area contributed by atoms with E-state index in [9.17, 15) is 0 Å². The van der Waals surface area contributed by atoms with E-state index in [2.05, 4.69) is 162 Å². The summed E-state index contributed by atoms with van der Waals surface area (Å²) in [5.74, 6) is 1.94. The highest BCUT2D eigenvalue weighted by Gasteiger charge is 2.17. The van der Waals surface area contributed by atoms with E-state index in [-0.39, 0.29) is 0 Å². The minimum absolute atomic E-state index is 0.639. The van der Waals surface area contributed by atoms with Crippen molar-refractivity contribution >= 4 is 54.1 Å². The van der Waals surface area contributed by atoms with Crippen molar-refractivity contribution in [2.45, 2.75) is 0 Å². The number of hydrogen-bond donors (Lipinski definition) is 0. The number of para-hydroxylation sites is 1. The Labute approximate surface area is 352 Å². The monoisotopic (exact) mass is 776 g/mol. The van der Waals surface area contributed by atoms with Gasteiger partial charge in [-0.15, -0.1) is 0 Å². The normalized spacial score (nSPS) is 11.6. The van der Waals surface area contributed by atoms with Crippen molar-refractivity contribution in [1.29, 1.82) is 0 Å². The van der Waals surface area contributed by atoms with Crippen LogP contribution < -0.4 is 0 Å². The van der Waals surface area contributed by atoms with Crippen molar-refractivity contribution in [1.82, 2.24) is 19.5 Å². The highest BCUT2D eigenvalue weighted by molar-refractivity contribution is 6.25. The molecule has 0 fully saturated rings. The van der Waals surface area contributed by atoms with Crippen LogP contribution in [-0.4, -0.2) is 19.5 Å². The third-order valence-electron chi connectivity index (χ3n) is 12.0. The minimum atomic E-state index is 0.639. The molecule has 0 amide bonds. The van der Waals surface area contributed by atoms with Crippen LogP contribution in [0, 0.1) is 0 Å². The van der Waals surface area contributed by atoms with Gasteiger partial charge in [0.1, 0.15) is 0 Å². The van der Waals surface area contributed by atoms with Crippen LogP contribution in [0.5, 0.6) is 0 Å². The van der Waals surface area contributed by atoms with Gasteiger partial charge in [0, 0.05) is 33.2 Å². The Balaban J connectivity index is 0.948. The molecule has 0 radical (unpaired) electrons. The van der Waals surface area contributed by atoms with E-state index >= 15 is 0 Å². The fourth-order valence-corrected chi connectivity index (χ4v) is 9.12. The molecule has 12 aromatic rings. The Morgan fingerprint density at radius 3 is 1.23 bits per heavy atom. The standard InChI is InChI=1S/C57H36N4/c1-3-15-37(16-4-1)55-58-56(38-17-5-2-6-18-38)60-57(59-55)43-22-14-21-41(34-43)39-19-13-20-40(33-39)42-29-32-54-52(35-42)50-27-11-12-28-53(50)61(54)44-30-31-49-47-25-8-7-23-45(47)46-24-9-10-26-48(46)51(49)36-44/h1-36H. The lowest BCUT2D eigenvalue weighted by Crippen LogP contribution is -2.00. The van der Waals surface area contributed by atoms with E-state index < -0.39 is 0 Å². The van der Waals surface area contributed by atoms with Crippen LogP contribution in [0.25, 0.3) is 116 Å². The summed E-state index contributed by atoms with van der Waals surface area (Å²) >= 11 is 0. The van der Waals surface area contributed by atoms with Crippen molar-refractivity contribution < 1.29 is 0 Å². The molecule has 0 atom stereocenters. The largest absolute Gasteiger partial charge is 0.309 e. The van der Waals surface area contributed by atoms with Crippen LogP contribution in [-0.2, 0) is 0 Å². The zero-order valence-electron chi connectivity index (χ0n) is 33.1. The van der Waals surface area contributed by atoms with Crippen LogP contribution in [0.2, 0.25) is 0 Å². The Hall–Kier alpha value is -8.21. The molecule has 284 valence electrons. The van der Waals surface area contributed by atoms with Gasteiger partial charge in [0.25, 0.3) is 0 Å². The van der Waals surface area contributed by atoms with Gasteiger partial charge in [-0.3, -0.25) is 0 Å². The molecule has 0 aliphatic heterocycles. The summed E-state index contributed by atoms with van der Waals surface area (Å²) in [5.41, 5.74) is 10.9. The summed E-state index contributed by atoms with van der Waals surface area (Å²) < 4.78 is 2.42. The minimum Gasteiger partial charge on any atom is -0.309 e. The molecule has 0 bridgehead atoms. The third kappa shape index (κ3) is 5.96. The van der Waals surface area contributed by atoms with E-state index in [1.807, 2.05) is 60.7 Å². The van der Waals surface area contributed by atoms with Crippen molar-refractivity contribution in [3.05, 3.63) is 218 Å². The second kappa shape index (κ2) is 14.3. The van der Waals surface area contributed by atoms with Gasteiger partial charge in [-0.25, -0.2) is 15.0 Å². The van der Waals surface area contributed by atoms with Gasteiger partial charge in [0.05, 0.1) is 11.0 Å². The zero-order chi connectivity index (χ0) is 40.3. The van der Waals surface area contributed by atoms with Crippen LogP contribution >= 0.6 is 0 Å². The number of nitrogens with zero attached hydrogens (tertiary/aromatic N) is 4. The van der Waals surface area contributed by atoms with Crippen molar-refractivity contribution in [3.8, 4) is 62.1 Å². The van der Waals surface area contributed by atoms with Crippen LogP contribution in [0.15, 0.2) is 218 Å². The highest BCUT2D eigenvalue weighted by atomic mass is 15.0. The third-order valence-corrected chi connectivity index (χ3v) is 12.0. The molecule has 0 aliphatic rings. The Morgan fingerprint density at radius 1 is 0.230 bits per heavy atom. The Bertz CT molecular complexity index is 3550. The lowest BCUT2D eigenvalue weighted by molar-refractivity contribution is 1.07. The molecule has 10 aromatic carbocycles. The van der Waals surface area contributed by atoms with Gasteiger partial charge < -0.3 is 4.57 Å². The SMILES string of the molecule is c1ccc(-c2nc(-c3ccccc3)nc(-c3cccc(-c4cccc(-c5ccc6c(c5)c5ccccc5n6-c5ccc6c7ccccc7c7ccccc7c6c5)c4)c3)n2)cc1. The molecule has 4 heteroatoms. The molecule has 12 rings (SSSR count). The lowest BCUT2D eigenvalue weighted by atomic mass is 9.94. The Kier molecular flexibility index (Phi) is 8.13. The number of benzene rings is 10. The first kappa shape index (κ1) is 34.8. The first-order valence-corrected chi connectivity index (χ1v) is 20.7. The summed E-state index contributed by atoms with van der Waals surface area (Å²) in [6.07, 6.45) is 0. The second-order valence-corrected chi connectivity index (χ2v) is 15.6. The average molecular weight is 777 g/mol. The molecule has 0 saturated carbocycles. The molecule has 0 spiro atoms. The highest BCUT2D eigenvalue weighted by Crippen LogP contribution is 2.40. The molecule has 0 unspecified atom stereocenters.